The number of anilines is 1. The van der Waals surface area contributed by atoms with Gasteiger partial charge in [0.2, 0.25) is 0 Å². The maximum absolute atomic E-state index is 12.4. The van der Waals surface area contributed by atoms with Gasteiger partial charge in [0.05, 0.1) is 5.69 Å². The molecular formula is C20H30N2O3. The van der Waals surface area contributed by atoms with Gasteiger partial charge >= 0.3 is 6.09 Å². The fraction of sp³-hybridized carbons (Fsp3) is 0.650. The summed E-state index contributed by atoms with van der Waals surface area (Å²) in [5.41, 5.74) is 3.96. The zero-order valence-electron chi connectivity index (χ0n) is 15.9. The van der Waals surface area contributed by atoms with Crippen molar-refractivity contribution >= 4 is 11.8 Å². The number of hydrogen-bond acceptors (Lipinski definition) is 4. The van der Waals surface area contributed by atoms with Crippen LogP contribution in [0.1, 0.15) is 50.8 Å². The largest absolute Gasteiger partial charge is 0.505 e. The number of phenolic OH excluding ortho intramolecular Hbond substituents is 1. The molecule has 0 unspecified atom stereocenters. The number of benzene rings is 1. The number of carbonyl (C=O) groups is 1. The summed E-state index contributed by atoms with van der Waals surface area (Å²) >= 11 is 0. The third-order valence-electron chi connectivity index (χ3n) is 5.06. The average molecular weight is 346 g/mol. The van der Waals surface area contributed by atoms with Crippen molar-refractivity contribution in [1.82, 2.24) is 4.90 Å². The Morgan fingerprint density at radius 2 is 1.88 bits per heavy atom. The SMILES string of the molecule is CCN1CCCc2cc3c(c(O)c21)CCN(C(=O)OC(C)(C)C)CC3. The Kier molecular flexibility index (Phi) is 4.85. The second-order valence-electron chi connectivity index (χ2n) is 8.02. The Balaban J connectivity index is 1.85. The highest BCUT2D eigenvalue weighted by Gasteiger charge is 2.28. The van der Waals surface area contributed by atoms with Crippen LogP contribution in [0.5, 0.6) is 5.75 Å². The van der Waals surface area contributed by atoms with E-state index < -0.39 is 5.60 Å². The smallest absolute Gasteiger partial charge is 0.410 e. The van der Waals surface area contributed by atoms with Crippen molar-refractivity contribution in [2.75, 3.05) is 31.1 Å². The van der Waals surface area contributed by atoms with E-state index in [1.54, 1.807) is 4.90 Å². The fourth-order valence-corrected chi connectivity index (χ4v) is 3.87. The molecule has 0 bridgehead atoms. The lowest BCUT2D eigenvalue weighted by molar-refractivity contribution is 0.0258. The summed E-state index contributed by atoms with van der Waals surface area (Å²) in [5.74, 6) is 0.431. The lowest BCUT2D eigenvalue weighted by atomic mass is 9.92. The molecule has 0 atom stereocenters. The summed E-state index contributed by atoms with van der Waals surface area (Å²) in [5, 5.41) is 10.9. The minimum Gasteiger partial charge on any atom is -0.505 e. The van der Waals surface area contributed by atoms with Crippen molar-refractivity contribution in [1.29, 1.82) is 0 Å². The Morgan fingerprint density at radius 1 is 1.16 bits per heavy atom. The van der Waals surface area contributed by atoms with Crippen LogP contribution in [0.2, 0.25) is 0 Å². The highest BCUT2D eigenvalue weighted by Crippen LogP contribution is 2.41. The molecule has 5 heteroatoms. The second-order valence-corrected chi connectivity index (χ2v) is 8.02. The second kappa shape index (κ2) is 6.77. The Morgan fingerprint density at radius 3 is 2.56 bits per heavy atom. The van der Waals surface area contributed by atoms with E-state index >= 15 is 0 Å². The first-order chi connectivity index (χ1) is 11.8. The van der Waals surface area contributed by atoms with Crippen LogP contribution >= 0.6 is 0 Å². The molecule has 1 aromatic rings. The van der Waals surface area contributed by atoms with E-state index in [0.29, 0.717) is 25.3 Å². The van der Waals surface area contributed by atoms with Gasteiger partial charge in [-0.2, -0.15) is 0 Å². The predicted molar refractivity (Wildman–Crippen MR) is 99.5 cm³/mol. The minimum atomic E-state index is -0.487. The Hall–Kier alpha value is -1.91. The van der Waals surface area contributed by atoms with Gasteiger partial charge in [0.1, 0.15) is 11.4 Å². The molecule has 2 aliphatic rings. The third kappa shape index (κ3) is 3.70. The number of amides is 1. The Labute approximate surface area is 150 Å². The lowest BCUT2D eigenvalue weighted by Crippen LogP contribution is -2.38. The van der Waals surface area contributed by atoms with Crippen LogP contribution in [-0.4, -0.2) is 47.9 Å². The summed E-state index contributed by atoms with van der Waals surface area (Å²) in [6, 6.07) is 2.25. The topological polar surface area (TPSA) is 53.0 Å². The van der Waals surface area contributed by atoms with E-state index in [1.807, 2.05) is 20.8 Å². The molecule has 1 aromatic carbocycles. The standard InChI is InChI=1S/C20H30N2O3/c1-5-21-10-6-7-15-13-14-8-11-22(19(24)25-20(2,3)4)12-9-16(14)18(23)17(15)21/h13,23H,5-12H2,1-4H3. The van der Waals surface area contributed by atoms with Crippen LogP contribution in [0.25, 0.3) is 0 Å². The van der Waals surface area contributed by atoms with Crippen molar-refractivity contribution in [2.45, 2.75) is 59.0 Å². The van der Waals surface area contributed by atoms with E-state index in [2.05, 4.69) is 17.9 Å². The Bertz CT molecular complexity index is 664. The van der Waals surface area contributed by atoms with Crippen LogP contribution in [0.15, 0.2) is 6.07 Å². The molecule has 0 saturated heterocycles. The molecule has 0 aromatic heterocycles. The van der Waals surface area contributed by atoms with Crippen LogP contribution in [0.3, 0.4) is 0 Å². The van der Waals surface area contributed by atoms with Crippen LogP contribution in [0.4, 0.5) is 10.5 Å². The molecule has 2 heterocycles. The molecule has 1 amide bonds. The number of hydrogen-bond donors (Lipinski definition) is 1. The van der Waals surface area contributed by atoms with E-state index in [-0.39, 0.29) is 6.09 Å². The zero-order chi connectivity index (χ0) is 18.2. The lowest BCUT2D eigenvalue weighted by Gasteiger charge is -2.32. The molecule has 0 saturated carbocycles. The highest BCUT2D eigenvalue weighted by atomic mass is 16.6. The summed E-state index contributed by atoms with van der Waals surface area (Å²) in [7, 11) is 0. The van der Waals surface area contributed by atoms with Crippen molar-refractivity contribution in [3.05, 3.63) is 22.8 Å². The molecule has 138 valence electrons. The molecule has 0 aliphatic carbocycles. The first-order valence-corrected chi connectivity index (χ1v) is 9.39. The number of ether oxygens (including phenoxy) is 1. The third-order valence-corrected chi connectivity index (χ3v) is 5.06. The number of rotatable bonds is 1. The molecule has 0 fully saturated rings. The van der Waals surface area contributed by atoms with Crippen LogP contribution in [0, 0.1) is 0 Å². The predicted octanol–water partition coefficient (Wildman–Crippen LogP) is 3.50. The number of aromatic hydroxyl groups is 1. The maximum Gasteiger partial charge on any atom is 0.410 e. The molecule has 25 heavy (non-hydrogen) atoms. The number of aryl methyl sites for hydroxylation is 1. The van der Waals surface area contributed by atoms with E-state index in [1.165, 1.54) is 11.1 Å². The van der Waals surface area contributed by atoms with E-state index in [0.717, 1.165) is 43.6 Å². The van der Waals surface area contributed by atoms with Crippen molar-refractivity contribution in [3.63, 3.8) is 0 Å². The summed E-state index contributed by atoms with van der Waals surface area (Å²) in [4.78, 5) is 16.4. The van der Waals surface area contributed by atoms with Crippen LogP contribution < -0.4 is 4.90 Å². The molecule has 5 nitrogen and oxygen atoms in total. The van der Waals surface area contributed by atoms with Gasteiger partial charge in [-0.05, 0) is 64.5 Å². The first-order valence-electron chi connectivity index (χ1n) is 9.39. The van der Waals surface area contributed by atoms with Gasteiger partial charge in [0, 0.05) is 31.7 Å². The van der Waals surface area contributed by atoms with Gasteiger partial charge in [0.15, 0.2) is 0 Å². The van der Waals surface area contributed by atoms with Gasteiger partial charge in [-0.3, -0.25) is 0 Å². The fourth-order valence-electron chi connectivity index (χ4n) is 3.87. The number of fused-ring (bicyclic) bond motifs is 2. The molecule has 1 N–H and O–H groups in total. The van der Waals surface area contributed by atoms with Crippen molar-refractivity contribution < 1.29 is 14.6 Å². The molecular weight excluding hydrogens is 316 g/mol. The van der Waals surface area contributed by atoms with E-state index in [4.69, 9.17) is 4.74 Å². The summed E-state index contributed by atoms with van der Waals surface area (Å²) in [6.07, 6.45) is 3.32. The van der Waals surface area contributed by atoms with E-state index in [9.17, 15) is 9.90 Å². The number of carbonyl (C=O) groups excluding carboxylic acids is 1. The molecule has 0 radical (unpaired) electrons. The highest BCUT2D eigenvalue weighted by molar-refractivity contribution is 5.71. The summed E-state index contributed by atoms with van der Waals surface area (Å²) in [6.45, 7) is 10.9. The van der Waals surface area contributed by atoms with Crippen LogP contribution in [-0.2, 0) is 24.0 Å². The molecule has 3 rings (SSSR count). The minimum absolute atomic E-state index is 0.264. The quantitative estimate of drug-likeness (QED) is 0.845. The van der Waals surface area contributed by atoms with Gasteiger partial charge in [-0.15, -0.1) is 0 Å². The van der Waals surface area contributed by atoms with Gasteiger partial charge in [-0.1, -0.05) is 6.07 Å². The number of nitrogens with zero attached hydrogens (tertiary/aromatic N) is 2. The van der Waals surface area contributed by atoms with Crippen molar-refractivity contribution in [3.8, 4) is 5.75 Å². The monoisotopic (exact) mass is 346 g/mol. The van der Waals surface area contributed by atoms with Crippen molar-refractivity contribution in [2.24, 2.45) is 0 Å². The van der Waals surface area contributed by atoms with Gasteiger partial charge in [0.25, 0.3) is 0 Å². The normalized spacial score (nSPS) is 17.6. The molecule has 0 spiro atoms. The molecule has 2 aliphatic heterocycles. The van der Waals surface area contributed by atoms with Gasteiger partial charge in [-0.25, -0.2) is 4.79 Å². The summed E-state index contributed by atoms with van der Waals surface area (Å²) < 4.78 is 5.51. The average Bonchev–Trinajstić information content (AvgIpc) is 2.75. The number of phenols is 1. The van der Waals surface area contributed by atoms with Gasteiger partial charge < -0.3 is 19.6 Å². The first kappa shape index (κ1) is 17.9. The zero-order valence-corrected chi connectivity index (χ0v) is 15.9. The maximum atomic E-state index is 12.4.